The number of pyridine rings is 1. The monoisotopic (exact) mass is 203 g/mol. The molecule has 2 heteroatoms. The van der Waals surface area contributed by atoms with Crippen molar-refractivity contribution >= 4 is 10.8 Å². The zero-order chi connectivity index (χ0) is 11.3. The van der Waals surface area contributed by atoms with E-state index in [9.17, 15) is 0 Å². The van der Waals surface area contributed by atoms with Crippen molar-refractivity contribution in [2.45, 2.75) is 20.8 Å². The summed E-state index contributed by atoms with van der Waals surface area (Å²) in [5, 5.41) is 2.36. The second kappa shape index (κ2) is 5.35. The van der Waals surface area contributed by atoms with Crippen molar-refractivity contribution in [3.05, 3.63) is 36.0 Å². The minimum absolute atomic E-state index is 0.677. The maximum atomic E-state index is 5.09. The van der Waals surface area contributed by atoms with E-state index in [0.717, 1.165) is 5.69 Å². The van der Waals surface area contributed by atoms with Gasteiger partial charge in [0.25, 0.3) is 0 Å². The Hall–Kier alpha value is -1.57. The van der Waals surface area contributed by atoms with Crippen LogP contribution in [0.15, 0.2) is 30.3 Å². The van der Waals surface area contributed by atoms with Crippen molar-refractivity contribution in [1.29, 1.82) is 0 Å². The Morgan fingerprint density at radius 3 is 2.47 bits per heavy atom. The van der Waals surface area contributed by atoms with Crippen molar-refractivity contribution in [2.24, 2.45) is 0 Å². The maximum absolute atomic E-state index is 5.09. The van der Waals surface area contributed by atoms with Crippen LogP contribution >= 0.6 is 0 Å². The third-order valence-electron chi connectivity index (χ3n) is 2.12. The van der Waals surface area contributed by atoms with Gasteiger partial charge in [0.05, 0.1) is 7.11 Å². The van der Waals surface area contributed by atoms with Gasteiger partial charge in [-0.2, -0.15) is 0 Å². The molecule has 80 valence electrons. The smallest absolute Gasteiger partial charge is 0.213 e. The number of rotatable bonds is 1. The van der Waals surface area contributed by atoms with Crippen LogP contribution in [-0.4, -0.2) is 12.1 Å². The molecule has 0 aliphatic carbocycles. The lowest BCUT2D eigenvalue weighted by atomic mass is 10.1. The molecule has 2 rings (SSSR count). The predicted octanol–water partition coefficient (Wildman–Crippen LogP) is 3.58. The Morgan fingerprint density at radius 1 is 1.13 bits per heavy atom. The minimum atomic E-state index is 0.677. The fraction of sp³-hybridized carbons (Fsp3) is 0.308. The number of hydrogen-bond donors (Lipinski definition) is 0. The number of aryl methyl sites for hydroxylation is 1. The molecule has 0 spiro atoms. The number of methoxy groups -OCH3 is 1. The van der Waals surface area contributed by atoms with Gasteiger partial charge in [-0.25, -0.2) is 4.98 Å². The molecule has 2 aromatic rings. The number of aromatic nitrogens is 1. The SMILES string of the molecule is CC.COc1cc2ccccc2c(C)n1. The van der Waals surface area contributed by atoms with E-state index in [2.05, 4.69) is 17.1 Å². The largest absolute Gasteiger partial charge is 0.481 e. The van der Waals surface area contributed by atoms with Crippen molar-refractivity contribution in [3.8, 4) is 5.88 Å². The van der Waals surface area contributed by atoms with Gasteiger partial charge in [0, 0.05) is 17.1 Å². The Bertz CT molecular complexity index is 437. The molecule has 0 aliphatic heterocycles. The van der Waals surface area contributed by atoms with E-state index >= 15 is 0 Å². The number of benzene rings is 1. The van der Waals surface area contributed by atoms with Crippen molar-refractivity contribution < 1.29 is 4.74 Å². The quantitative estimate of drug-likeness (QED) is 0.706. The van der Waals surface area contributed by atoms with Gasteiger partial charge in [0.1, 0.15) is 0 Å². The van der Waals surface area contributed by atoms with Crippen LogP contribution in [0.2, 0.25) is 0 Å². The lowest BCUT2D eigenvalue weighted by Crippen LogP contribution is -1.90. The molecule has 15 heavy (non-hydrogen) atoms. The van der Waals surface area contributed by atoms with Crippen molar-refractivity contribution in [2.75, 3.05) is 7.11 Å². The van der Waals surface area contributed by atoms with Crippen LogP contribution in [0.5, 0.6) is 5.88 Å². The van der Waals surface area contributed by atoms with Gasteiger partial charge in [-0.15, -0.1) is 0 Å². The Morgan fingerprint density at radius 2 is 1.80 bits per heavy atom. The molecule has 0 atom stereocenters. The summed E-state index contributed by atoms with van der Waals surface area (Å²) in [5.74, 6) is 0.677. The van der Waals surface area contributed by atoms with Gasteiger partial charge in [0.15, 0.2) is 0 Å². The Balaban J connectivity index is 0.000000531. The number of nitrogens with zero attached hydrogens (tertiary/aromatic N) is 1. The van der Waals surface area contributed by atoms with Crippen LogP contribution in [0.1, 0.15) is 19.5 Å². The number of hydrogen-bond acceptors (Lipinski definition) is 2. The summed E-state index contributed by atoms with van der Waals surface area (Å²) in [7, 11) is 1.64. The van der Waals surface area contributed by atoms with Crippen LogP contribution in [0.25, 0.3) is 10.8 Å². The van der Waals surface area contributed by atoms with Crippen LogP contribution in [-0.2, 0) is 0 Å². The second-order valence-electron chi connectivity index (χ2n) is 2.97. The average molecular weight is 203 g/mol. The summed E-state index contributed by atoms with van der Waals surface area (Å²) in [6, 6.07) is 10.1. The molecule has 0 saturated heterocycles. The normalized spacial score (nSPS) is 9.33. The molecule has 1 aromatic heterocycles. The number of fused-ring (bicyclic) bond motifs is 1. The average Bonchev–Trinajstić information content (AvgIpc) is 2.31. The highest BCUT2D eigenvalue weighted by atomic mass is 16.5. The molecule has 1 heterocycles. The summed E-state index contributed by atoms with van der Waals surface area (Å²) in [6.07, 6.45) is 0. The third-order valence-corrected chi connectivity index (χ3v) is 2.12. The minimum Gasteiger partial charge on any atom is -0.481 e. The first-order valence-electron chi connectivity index (χ1n) is 5.21. The number of ether oxygens (including phenoxy) is 1. The third kappa shape index (κ3) is 2.46. The first kappa shape index (κ1) is 11.5. The van der Waals surface area contributed by atoms with Gasteiger partial charge in [0.2, 0.25) is 5.88 Å². The van der Waals surface area contributed by atoms with E-state index in [1.807, 2.05) is 39.0 Å². The van der Waals surface area contributed by atoms with Crippen LogP contribution < -0.4 is 4.74 Å². The molecule has 0 unspecified atom stereocenters. The maximum Gasteiger partial charge on any atom is 0.213 e. The van der Waals surface area contributed by atoms with E-state index in [4.69, 9.17) is 4.74 Å². The van der Waals surface area contributed by atoms with E-state index in [1.165, 1.54) is 10.8 Å². The predicted molar refractivity (Wildman–Crippen MR) is 64.4 cm³/mol. The lowest BCUT2D eigenvalue weighted by molar-refractivity contribution is 0.398. The molecule has 0 aliphatic rings. The lowest BCUT2D eigenvalue weighted by Gasteiger charge is -2.04. The highest BCUT2D eigenvalue weighted by Gasteiger charge is 2.00. The summed E-state index contributed by atoms with van der Waals surface area (Å²) in [6.45, 7) is 5.99. The first-order chi connectivity index (χ1) is 7.31. The standard InChI is InChI=1S/C11H11NO.C2H6/c1-8-10-6-4-3-5-9(10)7-11(12-8)13-2;1-2/h3-7H,1-2H3;1-2H3. The summed E-state index contributed by atoms with van der Waals surface area (Å²) in [5.41, 5.74) is 1.01. The molecule has 0 saturated carbocycles. The zero-order valence-corrected chi connectivity index (χ0v) is 9.74. The molecule has 1 aromatic carbocycles. The molecular weight excluding hydrogens is 186 g/mol. The molecule has 0 N–H and O–H groups in total. The molecular formula is C13H17NO. The molecule has 0 fully saturated rings. The van der Waals surface area contributed by atoms with E-state index in [-0.39, 0.29) is 0 Å². The van der Waals surface area contributed by atoms with Crippen LogP contribution in [0, 0.1) is 6.92 Å². The van der Waals surface area contributed by atoms with Crippen molar-refractivity contribution in [3.63, 3.8) is 0 Å². The van der Waals surface area contributed by atoms with Gasteiger partial charge in [-0.1, -0.05) is 38.1 Å². The molecule has 0 radical (unpaired) electrons. The van der Waals surface area contributed by atoms with Crippen molar-refractivity contribution in [1.82, 2.24) is 4.98 Å². The zero-order valence-electron chi connectivity index (χ0n) is 9.74. The van der Waals surface area contributed by atoms with Gasteiger partial charge in [-0.05, 0) is 12.3 Å². The Labute approximate surface area is 90.9 Å². The Kier molecular flexibility index (Phi) is 4.10. The van der Waals surface area contributed by atoms with Crippen LogP contribution in [0.3, 0.4) is 0 Å². The van der Waals surface area contributed by atoms with E-state index in [1.54, 1.807) is 7.11 Å². The highest BCUT2D eigenvalue weighted by Crippen LogP contribution is 2.20. The summed E-state index contributed by atoms with van der Waals surface area (Å²) >= 11 is 0. The van der Waals surface area contributed by atoms with E-state index < -0.39 is 0 Å². The molecule has 2 nitrogen and oxygen atoms in total. The first-order valence-corrected chi connectivity index (χ1v) is 5.21. The highest BCUT2D eigenvalue weighted by molar-refractivity contribution is 5.85. The summed E-state index contributed by atoms with van der Waals surface area (Å²) < 4.78 is 5.09. The van der Waals surface area contributed by atoms with Crippen LogP contribution in [0.4, 0.5) is 0 Å². The van der Waals surface area contributed by atoms with Gasteiger partial charge < -0.3 is 4.74 Å². The fourth-order valence-electron chi connectivity index (χ4n) is 1.45. The van der Waals surface area contributed by atoms with Gasteiger partial charge in [-0.3, -0.25) is 0 Å². The second-order valence-corrected chi connectivity index (χ2v) is 2.97. The van der Waals surface area contributed by atoms with E-state index in [0.29, 0.717) is 5.88 Å². The summed E-state index contributed by atoms with van der Waals surface area (Å²) in [4.78, 5) is 4.30. The molecule has 0 bridgehead atoms. The van der Waals surface area contributed by atoms with Gasteiger partial charge >= 0.3 is 0 Å². The fourth-order valence-corrected chi connectivity index (χ4v) is 1.45. The molecule has 0 amide bonds. The topological polar surface area (TPSA) is 22.1 Å².